The maximum absolute atomic E-state index is 12.4. The van der Waals surface area contributed by atoms with E-state index in [1.165, 1.54) is 0 Å². The largest absolute Gasteiger partial charge is 0.493 e. The average Bonchev–Trinajstić information content (AvgIpc) is 3.16. The second-order valence-electron chi connectivity index (χ2n) is 7.61. The van der Waals surface area contributed by atoms with Crippen LogP contribution in [0, 0.1) is 5.92 Å². The zero-order chi connectivity index (χ0) is 22.1. The summed E-state index contributed by atoms with van der Waals surface area (Å²) >= 11 is 0. The molecule has 0 bridgehead atoms. The molecule has 0 aliphatic carbocycles. The van der Waals surface area contributed by atoms with Crippen LogP contribution in [0.25, 0.3) is 11.0 Å². The second kappa shape index (κ2) is 11.4. The van der Waals surface area contributed by atoms with Gasteiger partial charge in [-0.25, -0.2) is 4.98 Å². The molecular formula is C25H33N3O3. The van der Waals surface area contributed by atoms with E-state index in [0.717, 1.165) is 60.6 Å². The van der Waals surface area contributed by atoms with Gasteiger partial charge in [0.15, 0.2) is 11.5 Å². The van der Waals surface area contributed by atoms with Crippen molar-refractivity contribution in [3.05, 3.63) is 54.4 Å². The van der Waals surface area contributed by atoms with Crippen LogP contribution in [0.15, 0.2) is 48.5 Å². The van der Waals surface area contributed by atoms with Gasteiger partial charge >= 0.3 is 0 Å². The van der Waals surface area contributed by atoms with E-state index in [1.807, 2.05) is 42.5 Å². The first kappa shape index (κ1) is 22.7. The van der Waals surface area contributed by atoms with E-state index in [0.29, 0.717) is 13.2 Å². The molecule has 0 fully saturated rings. The lowest BCUT2D eigenvalue weighted by Gasteiger charge is -2.14. The standard InChI is InChI=1S/C25H33N3O3/c1-4-19(5-2)25(29)26-18-24-27-20-12-6-7-13-21(20)28(24)16-10-11-17-31-23-15-9-8-14-22(23)30-3/h6-9,12-15,19H,4-5,10-11,16-18H2,1-3H3,(H,26,29). The Hall–Kier alpha value is -3.02. The van der Waals surface area contributed by atoms with Crippen molar-refractivity contribution in [2.75, 3.05) is 13.7 Å². The molecule has 0 aliphatic heterocycles. The van der Waals surface area contributed by atoms with Crippen LogP contribution < -0.4 is 14.8 Å². The van der Waals surface area contributed by atoms with Gasteiger partial charge in [-0.15, -0.1) is 0 Å². The van der Waals surface area contributed by atoms with Gasteiger partial charge in [-0.05, 0) is 49.9 Å². The summed E-state index contributed by atoms with van der Waals surface area (Å²) in [6.07, 6.45) is 3.56. The van der Waals surface area contributed by atoms with Gasteiger partial charge < -0.3 is 19.4 Å². The lowest BCUT2D eigenvalue weighted by Crippen LogP contribution is -2.30. The number of para-hydroxylation sites is 4. The first-order valence-corrected chi connectivity index (χ1v) is 11.2. The highest BCUT2D eigenvalue weighted by Gasteiger charge is 2.16. The predicted molar refractivity (Wildman–Crippen MR) is 123 cm³/mol. The van der Waals surface area contributed by atoms with Crippen molar-refractivity contribution < 1.29 is 14.3 Å². The lowest BCUT2D eigenvalue weighted by molar-refractivity contribution is -0.125. The van der Waals surface area contributed by atoms with Gasteiger partial charge in [0.2, 0.25) is 5.91 Å². The van der Waals surface area contributed by atoms with Crippen molar-refractivity contribution >= 4 is 16.9 Å². The van der Waals surface area contributed by atoms with Crippen LogP contribution in [0.5, 0.6) is 11.5 Å². The monoisotopic (exact) mass is 423 g/mol. The molecule has 0 unspecified atom stereocenters. The molecule has 0 spiro atoms. The first-order chi connectivity index (χ1) is 15.2. The minimum atomic E-state index is 0.0601. The third-order valence-electron chi connectivity index (χ3n) is 5.61. The van der Waals surface area contributed by atoms with Crippen molar-refractivity contribution in [1.29, 1.82) is 0 Å². The SMILES string of the molecule is CCC(CC)C(=O)NCc1nc2ccccc2n1CCCCOc1ccccc1OC. The molecule has 0 atom stereocenters. The Bertz CT molecular complexity index is 979. The van der Waals surface area contributed by atoms with Gasteiger partial charge in [0.25, 0.3) is 0 Å². The number of benzene rings is 2. The number of nitrogens with zero attached hydrogens (tertiary/aromatic N) is 2. The quantitative estimate of drug-likeness (QED) is 0.418. The van der Waals surface area contributed by atoms with E-state index in [9.17, 15) is 4.79 Å². The van der Waals surface area contributed by atoms with Crippen molar-refractivity contribution in [2.24, 2.45) is 5.92 Å². The van der Waals surface area contributed by atoms with Crippen LogP contribution in [0.2, 0.25) is 0 Å². The number of fused-ring (bicyclic) bond motifs is 1. The third-order valence-corrected chi connectivity index (χ3v) is 5.61. The molecule has 1 aromatic heterocycles. The second-order valence-corrected chi connectivity index (χ2v) is 7.61. The summed E-state index contributed by atoms with van der Waals surface area (Å²) in [6, 6.07) is 15.8. The first-order valence-electron chi connectivity index (χ1n) is 11.2. The molecule has 31 heavy (non-hydrogen) atoms. The number of unbranched alkanes of at least 4 members (excludes halogenated alkanes) is 1. The number of carbonyl (C=O) groups is 1. The van der Waals surface area contributed by atoms with Crippen LogP contribution in [0.4, 0.5) is 0 Å². The maximum Gasteiger partial charge on any atom is 0.223 e. The van der Waals surface area contributed by atoms with Gasteiger partial charge in [-0.3, -0.25) is 4.79 Å². The van der Waals surface area contributed by atoms with E-state index < -0.39 is 0 Å². The topological polar surface area (TPSA) is 65.4 Å². The summed E-state index contributed by atoms with van der Waals surface area (Å²) in [7, 11) is 1.65. The minimum Gasteiger partial charge on any atom is -0.493 e. The fraction of sp³-hybridized carbons (Fsp3) is 0.440. The van der Waals surface area contributed by atoms with Gasteiger partial charge in [0, 0.05) is 12.5 Å². The zero-order valence-electron chi connectivity index (χ0n) is 18.8. The van der Waals surface area contributed by atoms with Crippen LogP contribution >= 0.6 is 0 Å². The molecule has 6 heteroatoms. The van der Waals surface area contributed by atoms with Crippen molar-refractivity contribution in [2.45, 2.75) is 52.6 Å². The van der Waals surface area contributed by atoms with Crippen molar-refractivity contribution in [1.82, 2.24) is 14.9 Å². The van der Waals surface area contributed by atoms with E-state index in [4.69, 9.17) is 14.5 Å². The number of aryl methyl sites for hydroxylation is 1. The number of aromatic nitrogens is 2. The highest BCUT2D eigenvalue weighted by molar-refractivity contribution is 5.79. The summed E-state index contributed by atoms with van der Waals surface area (Å²) in [5.74, 6) is 2.58. The molecule has 2 aromatic carbocycles. The van der Waals surface area contributed by atoms with Gasteiger partial charge in [-0.1, -0.05) is 38.1 Å². The number of methoxy groups -OCH3 is 1. The Labute approximate surface area is 184 Å². The highest BCUT2D eigenvalue weighted by atomic mass is 16.5. The van der Waals surface area contributed by atoms with E-state index in [2.05, 4.69) is 29.8 Å². The highest BCUT2D eigenvalue weighted by Crippen LogP contribution is 2.26. The maximum atomic E-state index is 12.4. The number of ether oxygens (including phenoxy) is 2. The fourth-order valence-corrected chi connectivity index (χ4v) is 3.77. The molecule has 166 valence electrons. The molecule has 0 saturated carbocycles. The molecule has 1 amide bonds. The zero-order valence-corrected chi connectivity index (χ0v) is 18.8. The summed E-state index contributed by atoms with van der Waals surface area (Å²) in [6.45, 7) is 5.99. The molecule has 1 heterocycles. The summed E-state index contributed by atoms with van der Waals surface area (Å²) in [5, 5.41) is 3.08. The number of carbonyl (C=O) groups excluding carboxylic acids is 1. The number of imidazole rings is 1. The Balaban J connectivity index is 1.60. The molecule has 0 saturated heterocycles. The number of hydrogen-bond acceptors (Lipinski definition) is 4. The Kier molecular flexibility index (Phi) is 8.33. The van der Waals surface area contributed by atoms with Gasteiger partial charge in [0.05, 0.1) is 31.3 Å². The van der Waals surface area contributed by atoms with Crippen molar-refractivity contribution in [3.63, 3.8) is 0 Å². The molecule has 1 N–H and O–H groups in total. The predicted octanol–water partition coefficient (Wildman–Crippen LogP) is 4.96. The van der Waals surface area contributed by atoms with Crippen LogP contribution in [0.3, 0.4) is 0 Å². The molecule has 3 rings (SSSR count). The summed E-state index contributed by atoms with van der Waals surface area (Å²) in [4.78, 5) is 17.2. The van der Waals surface area contributed by atoms with E-state index >= 15 is 0 Å². The van der Waals surface area contributed by atoms with Gasteiger partial charge in [0.1, 0.15) is 5.82 Å². The molecule has 0 radical (unpaired) electrons. The number of rotatable bonds is 12. The van der Waals surface area contributed by atoms with Crippen LogP contribution in [0.1, 0.15) is 45.4 Å². The molecule has 0 aliphatic rings. The smallest absolute Gasteiger partial charge is 0.223 e. The Morgan fingerprint density at radius 1 is 1.03 bits per heavy atom. The lowest BCUT2D eigenvalue weighted by atomic mass is 10.0. The number of hydrogen-bond donors (Lipinski definition) is 1. The van der Waals surface area contributed by atoms with Gasteiger partial charge in [-0.2, -0.15) is 0 Å². The van der Waals surface area contributed by atoms with E-state index in [-0.39, 0.29) is 11.8 Å². The number of amides is 1. The molecule has 3 aromatic rings. The fourth-order valence-electron chi connectivity index (χ4n) is 3.77. The summed E-state index contributed by atoms with van der Waals surface area (Å²) < 4.78 is 13.4. The minimum absolute atomic E-state index is 0.0601. The number of nitrogens with one attached hydrogen (secondary N) is 1. The molecular weight excluding hydrogens is 390 g/mol. The molecule has 6 nitrogen and oxygen atoms in total. The average molecular weight is 424 g/mol. The Morgan fingerprint density at radius 3 is 2.48 bits per heavy atom. The normalized spacial score (nSPS) is 11.1. The Morgan fingerprint density at radius 2 is 1.74 bits per heavy atom. The van der Waals surface area contributed by atoms with Crippen molar-refractivity contribution in [3.8, 4) is 11.5 Å². The summed E-state index contributed by atoms with van der Waals surface area (Å²) in [5.41, 5.74) is 2.06. The van der Waals surface area contributed by atoms with Crippen LogP contribution in [-0.2, 0) is 17.9 Å². The third kappa shape index (κ3) is 5.78. The van der Waals surface area contributed by atoms with Crippen LogP contribution in [-0.4, -0.2) is 29.2 Å². The van der Waals surface area contributed by atoms with E-state index in [1.54, 1.807) is 7.11 Å².